The van der Waals surface area contributed by atoms with E-state index < -0.39 is 0 Å². The molecule has 0 fully saturated rings. The third-order valence-corrected chi connectivity index (χ3v) is 3.06. The smallest absolute Gasteiger partial charge is 0.251 e. The van der Waals surface area contributed by atoms with Crippen molar-refractivity contribution < 1.29 is 9.90 Å². The average Bonchev–Trinajstić information content (AvgIpc) is 2.82. The number of carbonyl (C=O) groups is 1. The molecule has 0 atom stereocenters. The fourth-order valence-corrected chi connectivity index (χ4v) is 1.98. The Morgan fingerprint density at radius 3 is 3.00 bits per heavy atom. The predicted octanol–water partition coefficient (Wildman–Crippen LogP) is 2.43. The maximum absolute atomic E-state index is 11.7. The van der Waals surface area contributed by atoms with E-state index >= 15 is 0 Å². The van der Waals surface area contributed by atoms with Gasteiger partial charge in [-0.25, -0.2) is 4.98 Å². The van der Waals surface area contributed by atoms with Gasteiger partial charge < -0.3 is 10.4 Å². The zero-order valence-corrected chi connectivity index (χ0v) is 10.3. The van der Waals surface area contributed by atoms with Crippen molar-refractivity contribution in [2.75, 3.05) is 0 Å². The second-order valence-corrected chi connectivity index (χ2v) is 4.45. The molecule has 0 saturated heterocycles. The van der Waals surface area contributed by atoms with Crippen molar-refractivity contribution in [2.45, 2.75) is 6.54 Å². The molecular formula is C11H9ClN2O2S. The van der Waals surface area contributed by atoms with Gasteiger partial charge in [0, 0.05) is 10.9 Å². The number of amides is 1. The van der Waals surface area contributed by atoms with Crippen LogP contribution in [-0.2, 0) is 6.54 Å². The summed E-state index contributed by atoms with van der Waals surface area (Å²) >= 11 is 7.19. The molecule has 1 amide bonds. The summed E-state index contributed by atoms with van der Waals surface area (Å²) in [6.07, 6.45) is 0. The predicted molar refractivity (Wildman–Crippen MR) is 66.4 cm³/mol. The van der Waals surface area contributed by atoms with Crippen LogP contribution in [0.2, 0.25) is 5.02 Å². The number of halogens is 1. The third kappa shape index (κ3) is 2.95. The summed E-state index contributed by atoms with van der Waals surface area (Å²) < 4.78 is 0. The Bertz CT molecular complexity index is 528. The van der Waals surface area contributed by atoms with Gasteiger partial charge in [0.05, 0.1) is 22.8 Å². The highest BCUT2D eigenvalue weighted by molar-refractivity contribution is 7.07. The quantitative estimate of drug-likeness (QED) is 0.899. The molecular weight excluding hydrogens is 260 g/mol. The Morgan fingerprint density at radius 1 is 1.53 bits per heavy atom. The van der Waals surface area contributed by atoms with Crippen LogP contribution in [0.5, 0.6) is 5.75 Å². The molecule has 0 spiro atoms. The largest absolute Gasteiger partial charge is 0.506 e. The minimum absolute atomic E-state index is 0.0392. The molecule has 2 rings (SSSR count). The molecule has 0 saturated carbocycles. The highest BCUT2D eigenvalue weighted by Gasteiger charge is 2.08. The lowest BCUT2D eigenvalue weighted by Gasteiger charge is -2.04. The SMILES string of the molecule is O=C(NCc1cscn1)c1ccc(O)c(Cl)c1. The number of carbonyl (C=O) groups excluding carboxylic acids is 1. The molecule has 1 heterocycles. The van der Waals surface area contributed by atoms with Gasteiger partial charge in [-0.3, -0.25) is 4.79 Å². The average molecular weight is 269 g/mol. The summed E-state index contributed by atoms with van der Waals surface area (Å²) in [5, 5.41) is 14.0. The van der Waals surface area contributed by atoms with Crippen LogP contribution >= 0.6 is 22.9 Å². The lowest BCUT2D eigenvalue weighted by atomic mass is 10.2. The Kier molecular flexibility index (Phi) is 3.61. The number of phenolic OH excluding ortho intramolecular Hbond substituents is 1. The normalized spacial score (nSPS) is 10.2. The molecule has 2 N–H and O–H groups in total. The fourth-order valence-electron chi connectivity index (χ4n) is 1.25. The van der Waals surface area contributed by atoms with Crippen molar-refractivity contribution >= 4 is 28.8 Å². The summed E-state index contributed by atoms with van der Waals surface area (Å²) in [4.78, 5) is 15.8. The molecule has 0 aliphatic rings. The van der Waals surface area contributed by atoms with Crippen LogP contribution in [0.25, 0.3) is 0 Å². The van der Waals surface area contributed by atoms with Crippen LogP contribution in [0.15, 0.2) is 29.1 Å². The number of thiazole rings is 1. The monoisotopic (exact) mass is 268 g/mol. The number of aromatic hydroxyl groups is 1. The maximum atomic E-state index is 11.7. The van der Waals surface area contributed by atoms with E-state index in [4.69, 9.17) is 11.6 Å². The van der Waals surface area contributed by atoms with Crippen molar-refractivity contribution in [2.24, 2.45) is 0 Å². The molecule has 0 aliphatic heterocycles. The van der Waals surface area contributed by atoms with Gasteiger partial charge in [-0.1, -0.05) is 11.6 Å². The van der Waals surface area contributed by atoms with Crippen molar-refractivity contribution in [3.05, 3.63) is 45.4 Å². The zero-order chi connectivity index (χ0) is 12.3. The number of nitrogens with one attached hydrogen (secondary N) is 1. The van der Waals surface area contributed by atoms with Crippen molar-refractivity contribution in [1.82, 2.24) is 10.3 Å². The number of nitrogens with zero attached hydrogens (tertiary/aromatic N) is 1. The number of hydrogen-bond donors (Lipinski definition) is 2. The Labute approximate surface area is 107 Å². The molecule has 1 aromatic carbocycles. The number of phenols is 1. The third-order valence-electron chi connectivity index (χ3n) is 2.12. The maximum Gasteiger partial charge on any atom is 0.251 e. The van der Waals surface area contributed by atoms with Gasteiger partial charge >= 0.3 is 0 Å². The van der Waals surface area contributed by atoms with E-state index in [1.54, 1.807) is 5.51 Å². The van der Waals surface area contributed by atoms with E-state index in [1.807, 2.05) is 5.38 Å². The van der Waals surface area contributed by atoms with Gasteiger partial charge in [0.15, 0.2) is 0 Å². The van der Waals surface area contributed by atoms with Crippen LogP contribution in [0.4, 0.5) is 0 Å². The van der Waals surface area contributed by atoms with Crippen LogP contribution in [0.3, 0.4) is 0 Å². The van der Waals surface area contributed by atoms with E-state index in [0.717, 1.165) is 5.69 Å². The molecule has 0 radical (unpaired) electrons. The minimum atomic E-state index is -0.250. The molecule has 1 aromatic heterocycles. The van der Waals surface area contributed by atoms with Gasteiger partial charge in [0.2, 0.25) is 0 Å². The van der Waals surface area contributed by atoms with Crippen LogP contribution in [0.1, 0.15) is 16.1 Å². The fraction of sp³-hybridized carbons (Fsp3) is 0.0909. The second kappa shape index (κ2) is 5.16. The number of rotatable bonds is 3. The van der Waals surface area contributed by atoms with E-state index in [1.165, 1.54) is 29.5 Å². The lowest BCUT2D eigenvalue weighted by molar-refractivity contribution is 0.0950. The lowest BCUT2D eigenvalue weighted by Crippen LogP contribution is -2.22. The first-order chi connectivity index (χ1) is 8.16. The van der Waals surface area contributed by atoms with Crippen LogP contribution < -0.4 is 5.32 Å². The number of benzene rings is 1. The first-order valence-corrected chi connectivity index (χ1v) is 6.12. The van der Waals surface area contributed by atoms with E-state index in [0.29, 0.717) is 12.1 Å². The summed E-state index contributed by atoms with van der Waals surface area (Å²) in [6, 6.07) is 4.32. The van der Waals surface area contributed by atoms with Gasteiger partial charge in [-0.15, -0.1) is 11.3 Å². The Balaban J connectivity index is 2.02. The summed E-state index contributed by atoms with van der Waals surface area (Å²) in [7, 11) is 0. The highest BCUT2D eigenvalue weighted by Crippen LogP contribution is 2.23. The number of aromatic nitrogens is 1. The minimum Gasteiger partial charge on any atom is -0.506 e. The van der Waals surface area contributed by atoms with E-state index in [9.17, 15) is 9.90 Å². The molecule has 0 bridgehead atoms. The Morgan fingerprint density at radius 2 is 2.35 bits per heavy atom. The molecule has 0 unspecified atom stereocenters. The van der Waals surface area contributed by atoms with E-state index in [-0.39, 0.29) is 16.7 Å². The molecule has 2 aromatic rings. The van der Waals surface area contributed by atoms with Crippen LogP contribution in [0, 0.1) is 0 Å². The number of hydrogen-bond acceptors (Lipinski definition) is 4. The van der Waals surface area contributed by atoms with Gasteiger partial charge in [0.25, 0.3) is 5.91 Å². The molecule has 88 valence electrons. The summed E-state index contributed by atoms with van der Waals surface area (Å²) in [5.41, 5.74) is 2.93. The first kappa shape index (κ1) is 11.9. The highest BCUT2D eigenvalue weighted by atomic mass is 35.5. The first-order valence-electron chi connectivity index (χ1n) is 4.80. The van der Waals surface area contributed by atoms with Crippen LogP contribution in [-0.4, -0.2) is 16.0 Å². The standard InChI is InChI=1S/C11H9ClN2O2S/c12-9-3-7(1-2-10(9)15)11(16)13-4-8-5-17-6-14-8/h1-3,5-6,15H,4H2,(H,13,16). The van der Waals surface area contributed by atoms with E-state index in [2.05, 4.69) is 10.3 Å². The molecule has 4 nitrogen and oxygen atoms in total. The van der Waals surface area contributed by atoms with Gasteiger partial charge in [-0.05, 0) is 18.2 Å². The molecule has 17 heavy (non-hydrogen) atoms. The summed E-state index contributed by atoms with van der Waals surface area (Å²) in [6.45, 7) is 0.376. The van der Waals surface area contributed by atoms with Gasteiger partial charge in [-0.2, -0.15) is 0 Å². The second-order valence-electron chi connectivity index (χ2n) is 3.33. The van der Waals surface area contributed by atoms with Crippen molar-refractivity contribution in [3.8, 4) is 5.75 Å². The molecule has 0 aliphatic carbocycles. The van der Waals surface area contributed by atoms with Gasteiger partial charge in [0.1, 0.15) is 5.75 Å². The molecule has 6 heteroatoms. The topological polar surface area (TPSA) is 62.2 Å². The zero-order valence-electron chi connectivity index (χ0n) is 8.68. The van der Waals surface area contributed by atoms with Crippen molar-refractivity contribution in [1.29, 1.82) is 0 Å². The Hall–Kier alpha value is -1.59. The van der Waals surface area contributed by atoms with Crippen molar-refractivity contribution in [3.63, 3.8) is 0 Å². The summed E-state index contributed by atoms with van der Waals surface area (Å²) in [5.74, 6) is -0.289.